The van der Waals surface area contributed by atoms with Crippen molar-refractivity contribution >= 4 is 9.84 Å². The van der Waals surface area contributed by atoms with Crippen LogP contribution in [0.3, 0.4) is 0 Å². The summed E-state index contributed by atoms with van der Waals surface area (Å²) in [5.74, 6) is 0.242. The van der Waals surface area contributed by atoms with Crippen molar-refractivity contribution in [3.05, 3.63) is 0 Å². The fourth-order valence-corrected chi connectivity index (χ4v) is 3.73. The topological polar surface area (TPSA) is 49.4 Å². The molecule has 2 atom stereocenters. The fraction of sp³-hybridized carbons (Fsp3) is 1.00. The van der Waals surface area contributed by atoms with Gasteiger partial charge >= 0.3 is 0 Å². The first-order chi connectivity index (χ1) is 9.39. The molecular formula is C16H34N2O2S. The van der Waals surface area contributed by atoms with Gasteiger partial charge in [0.2, 0.25) is 0 Å². The van der Waals surface area contributed by atoms with Crippen LogP contribution in [-0.4, -0.2) is 54.5 Å². The molecule has 0 bridgehead atoms. The Balaban J connectivity index is 2.86. The van der Waals surface area contributed by atoms with E-state index in [1.807, 2.05) is 0 Å². The molecule has 21 heavy (non-hydrogen) atoms. The molecule has 1 rings (SSSR count). The van der Waals surface area contributed by atoms with Crippen LogP contribution in [-0.2, 0) is 9.84 Å². The molecule has 0 aromatic heterocycles. The van der Waals surface area contributed by atoms with Crippen LogP contribution in [0.25, 0.3) is 0 Å². The van der Waals surface area contributed by atoms with Crippen LogP contribution in [0.2, 0.25) is 0 Å². The smallest absolute Gasteiger partial charge is 0.156 e. The zero-order chi connectivity index (χ0) is 16.5. The van der Waals surface area contributed by atoms with Gasteiger partial charge in [0, 0.05) is 30.7 Å². The average Bonchev–Trinajstić information content (AvgIpc) is 2.39. The molecule has 0 aromatic carbocycles. The monoisotopic (exact) mass is 318 g/mol. The van der Waals surface area contributed by atoms with Crippen molar-refractivity contribution < 1.29 is 8.42 Å². The summed E-state index contributed by atoms with van der Waals surface area (Å²) in [4.78, 5) is 2.39. The Labute approximate surface area is 131 Å². The van der Waals surface area contributed by atoms with Gasteiger partial charge in [0.1, 0.15) is 0 Å². The quantitative estimate of drug-likeness (QED) is 0.846. The van der Waals surface area contributed by atoms with E-state index < -0.39 is 14.6 Å². The highest BCUT2D eigenvalue weighted by molar-refractivity contribution is 7.92. The molecule has 0 aliphatic carbocycles. The van der Waals surface area contributed by atoms with Crippen molar-refractivity contribution in [3.8, 4) is 0 Å². The van der Waals surface area contributed by atoms with Crippen molar-refractivity contribution in [2.75, 3.05) is 25.4 Å². The lowest BCUT2D eigenvalue weighted by atomic mass is 9.86. The van der Waals surface area contributed by atoms with Gasteiger partial charge in [-0.15, -0.1) is 0 Å². The van der Waals surface area contributed by atoms with Gasteiger partial charge in [-0.2, -0.15) is 0 Å². The lowest BCUT2D eigenvalue weighted by molar-refractivity contribution is 0.0220. The summed E-state index contributed by atoms with van der Waals surface area (Å²) >= 11 is 0. The average molecular weight is 319 g/mol. The second-order valence-corrected chi connectivity index (χ2v) is 10.8. The molecule has 4 nitrogen and oxygen atoms in total. The summed E-state index contributed by atoms with van der Waals surface area (Å²) < 4.78 is 24.1. The Morgan fingerprint density at radius 3 is 2.14 bits per heavy atom. The molecule has 1 N–H and O–H groups in total. The van der Waals surface area contributed by atoms with Crippen LogP contribution >= 0.6 is 0 Å². The summed E-state index contributed by atoms with van der Waals surface area (Å²) in [6, 6.07) is 0. The standard InChI is InChI=1S/C16H34N2O2S/c1-8-15(6)13-18(16(7,9-2)12-17-15)10-11-21(19,20)14(3,4)5/h17H,8-13H2,1-7H3. The van der Waals surface area contributed by atoms with Gasteiger partial charge in [-0.25, -0.2) is 8.42 Å². The summed E-state index contributed by atoms with van der Waals surface area (Å²) in [7, 11) is -3.06. The Morgan fingerprint density at radius 1 is 1.14 bits per heavy atom. The molecule has 1 heterocycles. The molecule has 0 saturated carbocycles. The first-order valence-corrected chi connectivity index (χ1v) is 9.77. The Hall–Kier alpha value is -0.130. The summed E-state index contributed by atoms with van der Waals surface area (Å²) in [6.07, 6.45) is 2.07. The lowest BCUT2D eigenvalue weighted by Crippen LogP contribution is -2.68. The third-order valence-electron chi connectivity index (χ3n) is 5.30. The van der Waals surface area contributed by atoms with E-state index in [0.29, 0.717) is 6.54 Å². The Kier molecular flexibility index (Phi) is 5.56. The van der Waals surface area contributed by atoms with Crippen molar-refractivity contribution in [3.63, 3.8) is 0 Å². The molecule has 126 valence electrons. The molecule has 0 amide bonds. The highest BCUT2D eigenvalue weighted by Crippen LogP contribution is 2.28. The van der Waals surface area contributed by atoms with Crippen molar-refractivity contribution in [2.24, 2.45) is 0 Å². The predicted octanol–water partition coefficient (Wildman–Crippen LogP) is 2.44. The minimum atomic E-state index is -3.06. The van der Waals surface area contributed by atoms with Crippen molar-refractivity contribution in [1.82, 2.24) is 10.2 Å². The molecule has 1 saturated heterocycles. The number of piperazine rings is 1. The highest BCUT2D eigenvalue weighted by Gasteiger charge is 2.41. The largest absolute Gasteiger partial charge is 0.308 e. The third-order valence-corrected chi connectivity index (χ3v) is 7.89. The molecule has 1 aliphatic heterocycles. The van der Waals surface area contributed by atoms with Gasteiger partial charge in [0.05, 0.1) is 10.5 Å². The van der Waals surface area contributed by atoms with Gasteiger partial charge in [0.25, 0.3) is 0 Å². The van der Waals surface area contributed by atoms with Gasteiger partial charge < -0.3 is 5.32 Å². The van der Waals surface area contributed by atoms with Gasteiger partial charge in [-0.05, 0) is 47.5 Å². The van der Waals surface area contributed by atoms with E-state index in [-0.39, 0.29) is 16.8 Å². The van der Waals surface area contributed by atoms with Gasteiger partial charge in [-0.3, -0.25) is 4.90 Å². The van der Waals surface area contributed by atoms with Gasteiger partial charge in [-0.1, -0.05) is 13.8 Å². The predicted molar refractivity (Wildman–Crippen MR) is 90.5 cm³/mol. The van der Waals surface area contributed by atoms with E-state index in [2.05, 4.69) is 37.9 Å². The molecule has 0 spiro atoms. The molecule has 2 unspecified atom stereocenters. The van der Waals surface area contributed by atoms with Crippen molar-refractivity contribution in [1.29, 1.82) is 0 Å². The normalized spacial score (nSPS) is 32.3. The van der Waals surface area contributed by atoms with E-state index in [9.17, 15) is 8.42 Å². The van der Waals surface area contributed by atoms with Crippen LogP contribution in [0.5, 0.6) is 0 Å². The summed E-state index contributed by atoms with van der Waals surface area (Å²) in [5, 5.41) is 3.65. The zero-order valence-electron chi connectivity index (χ0n) is 14.9. The molecule has 1 aliphatic rings. The highest BCUT2D eigenvalue weighted by atomic mass is 32.2. The maximum Gasteiger partial charge on any atom is 0.156 e. The lowest BCUT2D eigenvalue weighted by Gasteiger charge is -2.52. The van der Waals surface area contributed by atoms with Crippen LogP contribution in [0, 0.1) is 0 Å². The third kappa shape index (κ3) is 4.20. The minimum absolute atomic E-state index is 0.0437. The van der Waals surface area contributed by atoms with Crippen LogP contribution in [0.1, 0.15) is 61.3 Å². The van der Waals surface area contributed by atoms with Gasteiger partial charge in [0.15, 0.2) is 9.84 Å². The fourth-order valence-electron chi connectivity index (χ4n) is 2.65. The number of rotatable bonds is 5. The molecule has 0 aromatic rings. The zero-order valence-corrected chi connectivity index (χ0v) is 15.7. The first kappa shape index (κ1) is 18.9. The second-order valence-electron chi connectivity index (χ2n) is 7.97. The number of hydrogen-bond donors (Lipinski definition) is 1. The first-order valence-electron chi connectivity index (χ1n) is 8.11. The van der Waals surface area contributed by atoms with Crippen LogP contribution in [0.4, 0.5) is 0 Å². The Bertz CT molecular complexity index is 455. The van der Waals surface area contributed by atoms with E-state index >= 15 is 0 Å². The number of nitrogens with zero attached hydrogens (tertiary/aromatic N) is 1. The van der Waals surface area contributed by atoms with E-state index in [0.717, 1.165) is 25.9 Å². The van der Waals surface area contributed by atoms with Crippen LogP contribution in [0.15, 0.2) is 0 Å². The van der Waals surface area contributed by atoms with E-state index in [4.69, 9.17) is 0 Å². The number of nitrogens with one attached hydrogen (secondary N) is 1. The maximum atomic E-state index is 12.4. The molecule has 0 radical (unpaired) electrons. The molecular weight excluding hydrogens is 284 g/mol. The molecule has 1 fully saturated rings. The second kappa shape index (κ2) is 6.17. The maximum absolute atomic E-state index is 12.4. The Morgan fingerprint density at radius 2 is 1.71 bits per heavy atom. The minimum Gasteiger partial charge on any atom is -0.308 e. The summed E-state index contributed by atoms with van der Waals surface area (Å²) in [5.41, 5.74) is 0.127. The number of hydrogen-bond acceptors (Lipinski definition) is 4. The SMILES string of the molecule is CCC1(C)CN(CCS(=O)(=O)C(C)(C)C)C(C)(CC)CN1. The van der Waals surface area contributed by atoms with E-state index in [1.54, 1.807) is 20.8 Å². The summed E-state index contributed by atoms with van der Waals surface area (Å²) in [6.45, 7) is 16.7. The van der Waals surface area contributed by atoms with Crippen LogP contribution < -0.4 is 5.32 Å². The number of sulfone groups is 1. The van der Waals surface area contributed by atoms with Crippen molar-refractivity contribution in [2.45, 2.75) is 77.1 Å². The molecule has 5 heteroatoms. The van der Waals surface area contributed by atoms with E-state index in [1.165, 1.54) is 0 Å².